The van der Waals surface area contributed by atoms with Crippen molar-refractivity contribution in [2.24, 2.45) is 5.92 Å². The minimum absolute atomic E-state index is 0.0442. The van der Waals surface area contributed by atoms with Crippen LogP contribution in [0.15, 0.2) is 47.4 Å². The molecule has 150 valence electrons. The molecule has 2 fully saturated rings. The Morgan fingerprint density at radius 3 is 2.54 bits per heavy atom. The summed E-state index contributed by atoms with van der Waals surface area (Å²) in [5, 5.41) is 3.34. The van der Waals surface area contributed by atoms with Crippen LogP contribution in [0.2, 0.25) is 0 Å². The number of benzene rings is 2. The normalized spacial score (nSPS) is 23.4. The largest absolute Gasteiger partial charge is 0.496 e. The summed E-state index contributed by atoms with van der Waals surface area (Å²) in [5.41, 5.74) is 1.09. The van der Waals surface area contributed by atoms with E-state index < -0.39 is 16.6 Å². The fraction of sp³-hybridized carbons (Fsp3) is 0.368. The van der Waals surface area contributed by atoms with Gasteiger partial charge in [0.2, 0.25) is 0 Å². The van der Waals surface area contributed by atoms with Crippen LogP contribution in [-0.4, -0.2) is 35.2 Å². The molecule has 6 nitrogen and oxygen atoms in total. The van der Waals surface area contributed by atoms with E-state index in [0.29, 0.717) is 11.7 Å². The topological polar surface area (TPSA) is 76.7 Å². The molecule has 1 aliphatic heterocycles. The second-order valence-electron chi connectivity index (χ2n) is 7.06. The van der Waals surface area contributed by atoms with Gasteiger partial charge in [-0.3, -0.25) is 4.72 Å². The highest BCUT2D eigenvalue weighted by Gasteiger charge is 2.59. The van der Waals surface area contributed by atoms with E-state index in [0.717, 1.165) is 25.1 Å². The van der Waals surface area contributed by atoms with Crippen LogP contribution in [-0.2, 0) is 15.4 Å². The molecule has 2 atom stereocenters. The van der Waals surface area contributed by atoms with Crippen LogP contribution < -0.4 is 19.5 Å². The first-order valence-corrected chi connectivity index (χ1v) is 10.3. The number of hydrogen-bond donors (Lipinski definition) is 2. The second-order valence-corrected chi connectivity index (χ2v) is 8.74. The van der Waals surface area contributed by atoms with Crippen molar-refractivity contribution in [3.05, 3.63) is 48.0 Å². The molecule has 2 aliphatic rings. The predicted octanol–water partition coefficient (Wildman–Crippen LogP) is 2.96. The molecule has 2 aromatic rings. The summed E-state index contributed by atoms with van der Waals surface area (Å²) in [7, 11) is -2.28. The van der Waals surface area contributed by atoms with Gasteiger partial charge in [0.25, 0.3) is 10.0 Å². The van der Waals surface area contributed by atoms with Crippen LogP contribution in [0.25, 0.3) is 0 Å². The molecule has 2 unspecified atom stereocenters. The highest BCUT2D eigenvalue weighted by molar-refractivity contribution is 7.92. The molecule has 0 spiro atoms. The zero-order valence-electron chi connectivity index (χ0n) is 15.1. The van der Waals surface area contributed by atoms with Gasteiger partial charge in [0.05, 0.1) is 12.0 Å². The average molecular weight is 410 g/mol. The smallest absolute Gasteiger partial charge is 0.387 e. The first kappa shape index (κ1) is 18.9. The molecule has 28 heavy (non-hydrogen) atoms. The minimum atomic E-state index is -3.85. The maximum absolute atomic E-state index is 12.8. The van der Waals surface area contributed by atoms with Crippen molar-refractivity contribution in [2.75, 3.05) is 24.9 Å². The van der Waals surface area contributed by atoms with Gasteiger partial charge in [0.15, 0.2) is 0 Å². The average Bonchev–Trinajstić information content (AvgIpc) is 3.22. The number of piperidine rings is 1. The summed E-state index contributed by atoms with van der Waals surface area (Å²) < 4.78 is 62.3. The molecule has 0 radical (unpaired) electrons. The van der Waals surface area contributed by atoms with Crippen molar-refractivity contribution < 1.29 is 26.7 Å². The van der Waals surface area contributed by atoms with Crippen LogP contribution in [0.4, 0.5) is 14.5 Å². The van der Waals surface area contributed by atoms with E-state index in [9.17, 15) is 17.2 Å². The summed E-state index contributed by atoms with van der Waals surface area (Å²) in [6.07, 6.45) is 1.01. The molecule has 2 aromatic carbocycles. The molecule has 1 heterocycles. The Balaban J connectivity index is 1.59. The number of anilines is 1. The molecule has 0 amide bonds. The van der Waals surface area contributed by atoms with Crippen molar-refractivity contribution in [2.45, 2.75) is 23.3 Å². The Hall–Kier alpha value is -2.39. The number of ether oxygens (including phenoxy) is 2. The fourth-order valence-electron chi connectivity index (χ4n) is 3.92. The number of alkyl halides is 2. The summed E-state index contributed by atoms with van der Waals surface area (Å²) in [4.78, 5) is 0.128. The Kier molecular flexibility index (Phi) is 4.67. The third-order valence-corrected chi connectivity index (χ3v) is 6.79. The van der Waals surface area contributed by atoms with Crippen molar-refractivity contribution in [1.82, 2.24) is 5.32 Å². The van der Waals surface area contributed by atoms with Crippen molar-refractivity contribution in [3.63, 3.8) is 0 Å². The third-order valence-electron chi connectivity index (χ3n) is 5.41. The highest BCUT2D eigenvalue weighted by atomic mass is 32.2. The number of sulfonamides is 1. The van der Waals surface area contributed by atoms with Gasteiger partial charge in [-0.15, -0.1) is 0 Å². The Morgan fingerprint density at radius 2 is 1.96 bits per heavy atom. The van der Waals surface area contributed by atoms with Gasteiger partial charge in [-0.2, -0.15) is 8.78 Å². The van der Waals surface area contributed by atoms with Crippen LogP contribution in [0.3, 0.4) is 0 Å². The predicted molar refractivity (Wildman–Crippen MR) is 99.5 cm³/mol. The second kappa shape index (κ2) is 6.89. The van der Waals surface area contributed by atoms with E-state index in [1.165, 1.54) is 30.3 Å². The van der Waals surface area contributed by atoms with Crippen molar-refractivity contribution in [3.8, 4) is 11.5 Å². The van der Waals surface area contributed by atoms with E-state index in [1.54, 1.807) is 19.2 Å². The van der Waals surface area contributed by atoms with Crippen LogP contribution in [0, 0.1) is 5.92 Å². The number of fused-ring (bicyclic) bond motifs is 1. The lowest BCUT2D eigenvalue weighted by Gasteiger charge is -2.18. The van der Waals surface area contributed by atoms with Gasteiger partial charge in [-0.05, 0) is 61.3 Å². The van der Waals surface area contributed by atoms with E-state index in [1.807, 2.05) is 0 Å². The number of hydrogen-bond acceptors (Lipinski definition) is 5. The Morgan fingerprint density at radius 1 is 1.21 bits per heavy atom. The molecule has 9 heteroatoms. The summed E-state index contributed by atoms with van der Waals surface area (Å²) in [5.74, 6) is 1.13. The lowest BCUT2D eigenvalue weighted by Crippen LogP contribution is -2.21. The van der Waals surface area contributed by atoms with Gasteiger partial charge in [-0.1, -0.05) is 0 Å². The standard InChI is InChI=1S/C19H20F2N2O4S/c1-26-17-7-6-15(8-16(17)19-9-12(19)10-22-11-19)28(24,25)23-13-2-4-14(5-3-13)27-18(20)21/h2-8,12,18,22-23H,9-11H2,1H3. The van der Waals surface area contributed by atoms with E-state index in [-0.39, 0.29) is 21.7 Å². The molecule has 1 aliphatic carbocycles. The SMILES string of the molecule is COc1ccc(S(=O)(=O)Nc2ccc(OC(F)F)cc2)cc1C12CNCC1C2. The monoisotopic (exact) mass is 410 g/mol. The maximum Gasteiger partial charge on any atom is 0.387 e. The van der Waals surface area contributed by atoms with Gasteiger partial charge in [-0.25, -0.2) is 8.42 Å². The van der Waals surface area contributed by atoms with E-state index in [2.05, 4.69) is 14.8 Å². The highest BCUT2D eigenvalue weighted by Crippen LogP contribution is 2.58. The van der Waals surface area contributed by atoms with Crippen molar-refractivity contribution >= 4 is 15.7 Å². The van der Waals surface area contributed by atoms with E-state index >= 15 is 0 Å². The molecule has 2 N–H and O–H groups in total. The lowest BCUT2D eigenvalue weighted by molar-refractivity contribution is -0.0498. The number of halogens is 2. The van der Waals surface area contributed by atoms with Crippen LogP contribution in [0.1, 0.15) is 12.0 Å². The number of nitrogens with one attached hydrogen (secondary N) is 2. The quantitative estimate of drug-likeness (QED) is 0.734. The fourth-order valence-corrected chi connectivity index (χ4v) is 5.01. The van der Waals surface area contributed by atoms with Crippen LogP contribution >= 0.6 is 0 Å². The third kappa shape index (κ3) is 3.40. The summed E-state index contributed by atoms with van der Waals surface area (Å²) in [6, 6.07) is 10.1. The number of rotatable bonds is 7. The maximum atomic E-state index is 12.8. The first-order chi connectivity index (χ1) is 13.3. The summed E-state index contributed by atoms with van der Waals surface area (Å²) in [6.45, 7) is -1.21. The first-order valence-electron chi connectivity index (χ1n) is 8.81. The van der Waals surface area contributed by atoms with Gasteiger partial charge in [0.1, 0.15) is 11.5 Å². The molecule has 1 saturated heterocycles. The molecule has 0 bridgehead atoms. The zero-order chi connectivity index (χ0) is 19.9. The molecular weight excluding hydrogens is 390 g/mol. The zero-order valence-corrected chi connectivity index (χ0v) is 15.9. The Bertz CT molecular complexity index is 982. The van der Waals surface area contributed by atoms with Gasteiger partial charge >= 0.3 is 6.61 Å². The lowest BCUT2D eigenvalue weighted by atomic mass is 9.94. The number of methoxy groups -OCH3 is 1. The minimum Gasteiger partial charge on any atom is -0.496 e. The van der Waals surface area contributed by atoms with Crippen molar-refractivity contribution in [1.29, 1.82) is 0 Å². The summed E-state index contributed by atoms with van der Waals surface area (Å²) >= 11 is 0. The molecule has 0 aromatic heterocycles. The Labute approximate surface area is 161 Å². The van der Waals surface area contributed by atoms with E-state index in [4.69, 9.17) is 4.74 Å². The van der Waals surface area contributed by atoms with Crippen LogP contribution in [0.5, 0.6) is 11.5 Å². The molecule has 4 rings (SSSR count). The molecular formula is C19H20F2N2O4S. The molecule has 1 saturated carbocycles. The van der Waals surface area contributed by atoms with Gasteiger partial charge < -0.3 is 14.8 Å². The van der Waals surface area contributed by atoms with Gasteiger partial charge in [0, 0.05) is 23.2 Å².